The van der Waals surface area contributed by atoms with Crippen molar-refractivity contribution in [3.63, 3.8) is 0 Å². The van der Waals surface area contributed by atoms with Gasteiger partial charge in [-0.05, 0) is 32.3 Å². The van der Waals surface area contributed by atoms with Gasteiger partial charge in [-0.1, -0.05) is 20.8 Å². The van der Waals surface area contributed by atoms with Gasteiger partial charge >= 0.3 is 0 Å². The van der Waals surface area contributed by atoms with Gasteiger partial charge in [0, 0.05) is 11.1 Å². The fourth-order valence-corrected chi connectivity index (χ4v) is 3.64. The molecule has 5 N–H and O–H groups in total. The molecule has 28 heavy (non-hydrogen) atoms. The minimum atomic E-state index is -0.190. The molecule has 0 unspecified atom stereocenters. The van der Waals surface area contributed by atoms with Crippen LogP contribution in [0.4, 0.5) is 11.6 Å². The van der Waals surface area contributed by atoms with Gasteiger partial charge in [0.05, 0.1) is 28.7 Å². The van der Waals surface area contributed by atoms with Crippen molar-refractivity contribution < 1.29 is 0 Å². The van der Waals surface area contributed by atoms with Crippen LogP contribution >= 0.6 is 0 Å². The highest BCUT2D eigenvalue weighted by molar-refractivity contribution is 5.96. The number of aromatic nitrogens is 6. The van der Waals surface area contributed by atoms with E-state index in [-0.39, 0.29) is 11.0 Å². The molecule has 4 aromatic heterocycles. The molecule has 4 rings (SSSR count). The molecule has 0 aliphatic rings. The molecule has 0 atom stereocenters. The maximum Gasteiger partial charge on any atom is 0.152 e. The van der Waals surface area contributed by atoms with Crippen LogP contribution in [0.15, 0.2) is 18.7 Å². The number of nitrogens with one attached hydrogen (secondary N) is 1. The number of imidazole rings is 1. The Bertz CT molecular complexity index is 1200. The summed E-state index contributed by atoms with van der Waals surface area (Å²) in [6, 6.07) is 2.02. The number of pyridine rings is 1. The van der Waals surface area contributed by atoms with Crippen molar-refractivity contribution in [2.45, 2.75) is 52.5 Å². The normalized spacial score (nSPS) is 12.9. The minimum absolute atomic E-state index is 0.136. The Labute approximate surface area is 163 Å². The lowest BCUT2D eigenvalue weighted by atomic mass is 9.85. The van der Waals surface area contributed by atoms with Gasteiger partial charge in [-0.25, -0.2) is 19.9 Å². The van der Waals surface area contributed by atoms with Gasteiger partial charge in [-0.2, -0.15) is 0 Å². The SMILES string of the molecule is CC(C)(C)c1c(-c2cc3c(ncn3C(C)(C)C)c(N)n2)[nH]c2c(N)ncnc12. The van der Waals surface area contributed by atoms with E-state index in [1.807, 2.05) is 12.4 Å². The molecule has 0 radical (unpaired) electrons. The molecule has 8 nitrogen and oxygen atoms in total. The zero-order valence-electron chi connectivity index (χ0n) is 17.1. The van der Waals surface area contributed by atoms with E-state index in [9.17, 15) is 0 Å². The predicted molar refractivity (Wildman–Crippen MR) is 113 cm³/mol. The van der Waals surface area contributed by atoms with E-state index < -0.39 is 0 Å². The maximum absolute atomic E-state index is 6.28. The van der Waals surface area contributed by atoms with Crippen LogP contribution in [0.2, 0.25) is 0 Å². The second-order valence-electron chi connectivity index (χ2n) is 9.15. The molecule has 0 amide bonds. The summed E-state index contributed by atoms with van der Waals surface area (Å²) in [5.74, 6) is 0.809. The lowest BCUT2D eigenvalue weighted by Crippen LogP contribution is -2.20. The highest BCUT2D eigenvalue weighted by Crippen LogP contribution is 2.39. The van der Waals surface area contributed by atoms with Crippen LogP contribution in [0.5, 0.6) is 0 Å². The quantitative estimate of drug-likeness (QED) is 0.465. The van der Waals surface area contributed by atoms with Crippen LogP contribution in [0, 0.1) is 0 Å². The Morgan fingerprint density at radius 1 is 0.929 bits per heavy atom. The Morgan fingerprint density at radius 3 is 2.29 bits per heavy atom. The number of aromatic amines is 1. The van der Waals surface area contributed by atoms with Crippen LogP contribution in [-0.2, 0) is 11.0 Å². The van der Waals surface area contributed by atoms with E-state index in [1.54, 1.807) is 0 Å². The monoisotopic (exact) mass is 378 g/mol. The highest BCUT2D eigenvalue weighted by Gasteiger charge is 2.28. The number of H-pyrrole nitrogens is 1. The number of anilines is 2. The van der Waals surface area contributed by atoms with Crippen LogP contribution in [0.3, 0.4) is 0 Å². The molecular weight excluding hydrogens is 352 g/mol. The third kappa shape index (κ3) is 2.67. The number of nitrogen functional groups attached to an aromatic ring is 2. The standard InChI is InChI=1S/C20H26N8/c1-19(2,3)12-13(27-16-15(12)23-8-24-17(16)21)10-7-11-14(18(22)26-10)25-9-28(11)20(4,5)6/h7-9,27H,1-6H3,(H2,22,26)(H2,21,23,24). The van der Waals surface area contributed by atoms with Gasteiger partial charge in [0.15, 0.2) is 11.6 Å². The first kappa shape index (κ1) is 18.2. The summed E-state index contributed by atoms with van der Waals surface area (Å²) in [5.41, 5.74) is 17.8. The maximum atomic E-state index is 6.28. The van der Waals surface area contributed by atoms with Gasteiger partial charge in [-0.3, -0.25) is 0 Å². The first-order valence-corrected chi connectivity index (χ1v) is 9.25. The van der Waals surface area contributed by atoms with Gasteiger partial charge < -0.3 is 21.0 Å². The minimum Gasteiger partial charge on any atom is -0.382 e. The van der Waals surface area contributed by atoms with Crippen molar-refractivity contribution >= 4 is 33.7 Å². The van der Waals surface area contributed by atoms with Crippen molar-refractivity contribution in [1.82, 2.24) is 29.5 Å². The van der Waals surface area contributed by atoms with Crippen LogP contribution in [0.1, 0.15) is 47.1 Å². The molecule has 4 heterocycles. The summed E-state index contributed by atoms with van der Waals surface area (Å²) >= 11 is 0. The van der Waals surface area contributed by atoms with E-state index in [2.05, 4.69) is 71.0 Å². The smallest absolute Gasteiger partial charge is 0.152 e. The summed E-state index contributed by atoms with van der Waals surface area (Å²) in [6.45, 7) is 12.8. The number of nitrogens with zero attached hydrogens (tertiary/aromatic N) is 5. The molecule has 0 aromatic carbocycles. The molecule has 146 valence electrons. The van der Waals surface area contributed by atoms with E-state index in [0.717, 1.165) is 28.0 Å². The molecule has 0 saturated heterocycles. The van der Waals surface area contributed by atoms with Gasteiger partial charge in [0.2, 0.25) is 0 Å². The van der Waals surface area contributed by atoms with E-state index in [0.29, 0.717) is 22.7 Å². The Morgan fingerprint density at radius 2 is 1.64 bits per heavy atom. The van der Waals surface area contributed by atoms with Crippen LogP contribution < -0.4 is 11.5 Å². The fourth-order valence-electron chi connectivity index (χ4n) is 3.64. The largest absolute Gasteiger partial charge is 0.382 e. The number of nitrogens with two attached hydrogens (primary N) is 2. The fraction of sp³-hybridized carbons (Fsp3) is 0.400. The number of fused-ring (bicyclic) bond motifs is 2. The van der Waals surface area contributed by atoms with Crippen molar-refractivity contribution in [2.75, 3.05) is 11.5 Å². The molecule has 0 aliphatic heterocycles. The summed E-state index contributed by atoms with van der Waals surface area (Å²) < 4.78 is 2.11. The number of rotatable bonds is 1. The van der Waals surface area contributed by atoms with Crippen LogP contribution in [0.25, 0.3) is 33.5 Å². The topological polar surface area (TPSA) is 124 Å². The summed E-state index contributed by atoms with van der Waals surface area (Å²) in [6.07, 6.45) is 3.30. The average Bonchev–Trinajstić information content (AvgIpc) is 3.16. The first-order chi connectivity index (χ1) is 13.0. The lowest BCUT2D eigenvalue weighted by Gasteiger charge is -2.22. The number of hydrogen-bond donors (Lipinski definition) is 3. The Kier molecular flexibility index (Phi) is 3.69. The van der Waals surface area contributed by atoms with Gasteiger partial charge in [0.1, 0.15) is 17.4 Å². The van der Waals surface area contributed by atoms with Crippen molar-refractivity contribution in [3.05, 3.63) is 24.3 Å². The van der Waals surface area contributed by atoms with Crippen molar-refractivity contribution in [3.8, 4) is 11.4 Å². The summed E-state index contributed by atoms with van der Waals surface area (Å²) in [4.78, 5) is 21.1. The van der Waals surface area contributed by atoms with E-state index >= 15 is 0 Å². The molecule has 0 fully saturated rings. The molecular formula is C20H26N8. The van der Waals surface area contributed by atoms with E-state index in [4.69, 9.17) is 11.5 Å². The molecule has 8 heteroatoms. The lowest BCUT2D eigenvalue weighted by molar-refractivity contribution is 0.408. The second-order valence-corrected chi connectivity index (χ2v) is 9.15. The first-order valence-electron chi connectivity index (χ1n) is 9.25. The van der Waals surface area contributed by atoms with E-state index in [1.165, 1.54) is 6.33 Å². The Hall–Kier alpha value is -3.16. The van der Waals surface area contributed by atoms with Crippen molar-refractivity contribution in [2.24, 2.45) is 0 Å². The summed E-state index contributed by atoms with van der Waals surface area (Å²) in [7, 11) is 0. The zero-order chi connectivity index (χ0) is 20.4. The molecule has 4 aromatic rings. The molecule has 0 saturated carbocycles. The second kappa shape index (κ2) is 5.67. The zero-order valence-corrected chi connectivity index (χ0v) is 17.1. The van der Waals surface area contributed by atoms with Gasteiger partial charge in [0.25, 0.3) is 0 Å². The predicted octanol–water partition coefficient (Wildman–Crippen LogP) is 3.59. The summed E-state index contributed by atoms with van der Waals surface area (Å²) in [5, 5.41) is 0. The molecule has 0 aliphatic carbocycles. The molecule has 0 spiro atoms. The third-order valence-corrected chi connectivity index (χ3v) is 4.90. The highest BCUT2D eigenvalue weighted by atomic mass is 15.1. The van der Waals surface area contributed by atoms with Crippen LogP contribution in [-0.4, -0.2) is 29.5 Å². The third-order valence-electron chi connectivity index (χ3n) is 4.90. The van der Waals surface area contributed by atoms with Gasteiger partial charge in [-0.15, -0.1) is 0 Å². The van der Waals surface area contributed by atoms with Crippen molar-refractivity contribution in [1.29, 1.82) is 0 Å². The Balaban J connectivity index is 2.08. The number of hydrogen-bond acceptors (Lipinski definition) is 6. The molecule has 0 bridgehead atoms. The average molecular weight is 378 g/mol.